The molecule has 0 aliphatic rings. The molecule has 0 aliphatic heterocycles. The molecule has 1 rings (SSSR count). The van der Waals surface area contributed by atoms with Crippen LogP contribution in [0.5, 0.6) is 0 Å². The molecule has 0 bridgehead atoms. The molecule has 0 saturated heterocycles. The van der Waals surface area contributed by atoms with Gasteiger partial charge in [-0.3, -0.25) is 9.48 Å². The van der Waals surface area contributed by atoms with Gasteiger partial charge in [-0.2, -0.15) is 5.10 Å². The Morgan fingerprint density at radius 3 is 3.00 bits per heavy atom. The van der Waals surface area contributed by atoms with Gasteiger partial charge in [0.1, 0.15) is 6.54 Å². The SMILES string of the molecule is CCCCCNC(=O)Cn1cccn1. The molecule has 0 fully saturated rings. The smallest absolute Gasteiger partial charge is 0.241 e. The molecule has 0 atom stereocenters. The van der Waals surface area contributed by atoms with Crippen LogP contribution in [-0.2, 0) is 11.3 Å². The van der Waals surface area contributed by atoms with Gasteiger partial charge < -0.3 is 5.32 Å². The molecule has 1 amide bonds. The predicted molar refractivity (Wildman–Crippen MR) is 54.8 cm³/mol. The number of carbonyl (C=O) groups is 1. The van der Waals surface area contributed by atoms with E-state index in [1.54, 1.807) is 17.1 Å². The Hall–Kier alpha value is -1.32. The minimum atomic E-state index is 0.0322. The van der Waals surface area contributed by atoms with Crippen LogP contribution >= 0.6 is 0 Å². The number of aromatic nitrogens is 2. The highest BCUT2D eigenvalue weighted by Crippen LogP contribution is 1.91. The van der Waals surface area contributed by atoms with Gasteiger partial charge >= 0.3 is 0 Å². The van der Waals surface area contributed by atoms with Gasteiger partial charge in [-0.25, -0.2) is 0 Å². The topological polar surface area (TPSA) is 46.9 Å². The second-order valence-electron chi connectivity index (χ2n) is 3.26. The van der Waals surface area contributed by atoms with Gasteiger partial charge in [0.15, 0.2) is 0 Å². The van der Waals surface area contributed by atoms with Crippen molar-refractivity contribution >= 4 is 5.91 Å². The van der Waals surface area contributed by atoms with E-state index >= 15 is 0 Å². The number of nitrogens with one attached hydrogen (secondary N) is 1. The number of unbranched alkanes of at least 4 members (excludes halogenated alkanes) is 2. The van der Waals surface area contributed by atoms with Gasteiger partial charge in [-0.15, -0.1) is 0 Å². The zero-order valence-corrected chi connectivity index (χ0v) is 8.57. The largest absolute Gasteiger partial charge is 0.354 e. The third kappa shape index (κ3) is 4.07. The van der Waals surface area contributed by atoms with E-state index in [1.165, 1.54) is 12.8 Å². The van der Waals surface area contributed by atoms with Crippen LogP contribution in [0, 0.1) is 0 Å². The van der Waals surface area contributed by atoms with Crippen molar-refractivity contribution in [1.29, 1.82) is 0 Å². The third-order valence-corrected chi connectivity index (χ3v) is 1.97. The normalized spacial score (nSPS) is 10.1. The second kappa shape index (κ2) is 6.18. The summed E-state index contributed by atoms with van der Waals surface area (Å²) in [6.07, 6.45) is 6.86. The van der Waals surface area contributed by atoms with Crippen molar-refractivity contribution in [2.45, 2.75) is 32.7 Å². The Labute approximate surface area is 84.3 Å². The van der Waals surface area contributed by atoms with E-state index in [0.717, 1.165) is 13.0 Å². The highest BCUT2D eigenvalue weighted by Gasteiger charge is 2.00. The number of nitrogens with zero attached hydrogens (tertiary/aromatic N) is 2. The minimum Gasteiger partial charge on any atom is -0.354 e. The van der Waals surface area contributed by atoms with E-state index in [0.29, 0.717) is 6.54 Å². The Balaban J connectivity index is 2.11. The lowest BCUT2D eigenvalue weighted by Crippen LogP contribution is -2.28. The van der Waals surface area contributed by atoms with Crippen LogP contribution in [0.3, 0.4) is 0 Å². The summed E-state index contributed by atoms with van der Waals surface area (Å²) in [7, 11) is 0. The van der Waals surface area contributed by atoms with Gasteiger partial charge in [0.05, 0.1) is 0 Å². The average molecular weight is 195 g/mol. The standard InChI is InChI=1S/C10H17N3O/c1-2-3-4-6-11-10(14)9-13-8-5-7-12-13/h5,7-8H,2-4,6,9H2,1H3,(H,11,14). The quantitative estimate of drug-likeness (QED) is 0.693. The van der Waals surface area contributed by atoms with Gasteiger partial charge in [0.2, 0.25) is 5.91 Å². The van der Waals surface area contributed by atoms with E-state index in [-0.39, 0.29) is 5.91 Å². The number of hydrogen-bond donors (Lipinski definition) is 1. The van der Waals surface area contributed by atoms with Crippen molar-refractivity contribution < 1.29 is 4.79 Å². The molecule has 4 heteroatoms. The molecule has 1 aromatic rings. The van der Waals surface area contributed by atoms with Crippen LogP contribution in [0.15, 0.2) is 18.5 Å². The van der Waals surface area contributed by atoms with Crippen molar-refractivity contribution in [3.63, 3.8) is 0 Å². The first-order chi connectivity index (χ1) is 6.83. The number of hydrogen-bond acceptors (Lipinski definition) is 2. The van der Waals surface area contributed by atoms with Crippen molar-refractivity contribution in [2.24, 2.45) is 0 Å². The molecular weight excluding hydrogens is 178 g/mol. The van der Waals surface area contributed by atoms with Crippen LogP contribution in [0.2, 0.25) is 0 Å². The monoisotopic (exact) mass is 195 g/mol. The molecule has 0 aromatic carbocycles. The maximum Gasteiger partial charge on any atom is 0.241 e. The fourth-order valence-corrected chi connectivity index (χ4v) is 1.20. The Morgan fingerprint density at radius 2 is 2.36 bits per heavy atom. The van der Waals surface area contributed by atoms with E-state index in [2.05, 4.69) is 17.3 Å². The summed E-state index contributed by atoms with van der Waals surface area (Å²) in [5, 5.41) is 6.81. The molecule has 0 saturated carbocycles. The zero-order chi connectivity index (χ0) is 10.2. The minimum absolute atomic E-state index is 0.0322. The molecule has 0 spiro atoms. The first-order valence-electron chi connectivity index (χ1n) is 5.07. The zero-order valence-electron chi connectivity index (χ0n) is 8.57. The summed E-state index contributed by atoms with van der Waals surface area (Å²) in [6.45, 7) is 3.23. The summed E-state index contributed by atoms with van der Waals surface area (Å²) >= 11 is 0. The van der Waals surface area contributed by atoms with Gasteiger partial charge in [-0.1, -0.05) is 19.8 Å². The highest BCUT2D eigenvalue weighted by atomic mass is 16.2. The van der Waals surface area contributed by atoms with E-state index in [1.807, 2.05) is 6.07 Å². The third-order valence-electron chi connectivity index (χ3n) is 1.97. The molecule has 1 N–H and O–H groups in total. The summed E-state index contributed by atoms with van der Waals surface area (Å²) < 4.78 is 1.62. The van der Waals surface area contributed by atoms with Crippen LogP contribution < -0.4 is 5.32 Å². The number of carbonyl (C=O) groups excluding carboxylic acids is 1. The Bertz CT molecular complexity index is 256. The maximum atomic E-state index is 11.3. The Morgan fingerprint density at radius 1 is 1.50 bits per heavy atom. The van der Waals surface area contributed by atoms with Crippen molar-refractivity contribution in [3.05, 3.63) is 18.5 Å². The molecule has 14 heavy (non-hydrogen) atoms. The van der Waals surface area contributed by atoms with Crippen molar-refractivity contribution in [3.8, 4) is 0 Å². The van der Waals surface area contributed by atoms with Crippen LogP contribution in [-0.4, -0.2) is 22.2 Å². The van der Waals surface area contributed by atoms with E-state index in [4.69, 9.17) is 0 Å². The first kappa shape index (κ1) is 10.8. The van der Waals surface area contributed by atoms with Crippen molar-refractivity contribution in [1.82, 2.24) is 15.1 Å². The summed E-state index contributed by atoms with van der Waals surface area (Å²) in [6, 6.07) is 1.81. The first-order valence-corrected chi connectivity index (χ1v) is 5.07. The molecule has 0 aliphatic carbocycles. The van der Waals surface area contributed by atoms with Crippen LogP contribution in [0.4, 0.5) is 0 Å². The van der Waals surface area contributed by atoms with E-state index in [9.17, 15) is 4.79 Å². The van der Waals surface area contributed by atoms with Gasteiger partial charge in [0, 0.05) is 18.9 Å². The lowest BCUT2D eigenvalue weighted by atomic mass is 10.2. The van der Waals surface area contributed by atoms with Gasteiger partial charge in [0.25, 0.3) is 0 Å². The Kier molecular flexibility index (Phi) is 4.75. The lowest BCUT2D eigenvalue weighted by molar-refractivity contribution is -0.121. The summed E-state index contributed by atoms with van der Waals surface area (Å²) in [5.41, 5.74) is 0. The molecule has 0 unspecified atom stereocenters. The molecule has 1 heterocycles. The van der Waals surface area contributed by atoms with Crippen LogP contribution in [0.1, 0.15) is 26.2 Å². The fraction of sp³-hybridized carbons (Fsp3) is 0.600. The molecular formula is C10H17N3O. The molecule has 1 aromatic heterocycles. The van der Waals surface area contributed by atoms with Crippen LogP contribution in [0.25, 0.3) is 0 Å². The number of amides is 1. The summed E-state index contributed by atoms with van der Waals surface area (Å²) in [4.78, 5) is 11.3. The van der Waals surface area contributed by atoms with E-state index < -0.39 is 0 Å². The predicted octanol–water partition coefficient (Wildman–Crippen LogP) is 1.19. The fourth-order valence-electron chi connectivity index (χ4n) is 1.20. The number of rotatable bonds is 6. The maximum absolute atomic E-state index is 11.3. The van der Waals surface area contributed by atoms with Gasteiger partial charge in [-0.05, 0) is 12.5 Å². The molecule has 78 valence electrons. The lowest BCUT2D eigenvalue weighted by Gasteiger charge is -2.04. The molecule has 4 nitrogen and oxygen atoms in total. The second-order valence-corrected chi connectivity index (χ2v) is 3.26. The highest BCUT2D eigenvalue weighted by molar-refractivity contribution is 5.75. The molecule has 0 radical (unpaired) electrons. The average Bonchev–Trinajstić information content (AvgIpc) is 2.65. The summed E-state index contributed by atoms with van der Waals surface area (Å²) in [5.74, 6) is 0.0322. The van der Waals surface area contributed by atoms with Crippen molar-refractivity contribution in [2.75, 3.05) is 6.54 Å².